The van der Waals surface area contributed by atoms with Crippen molar-refractivity contribution in [3.63, 3.8) is 0 Å². The molecule has 0 saturated carbocycles. The summed E-state index contributed by atoms with van der Waals surface area (Å²) < 4.78 is 1.16. The first-order valence-corrected chi connectivity index (χ1v) is 8.12. The normalized spacial score (nSPS) is 10.7. The lowest BCUT2D eigenvalue weighted by Crippen LogP contribution is -2.00. The van der Waals surface area contributed by atoms with Crippen LogP contribution in [0.25, 0.3) is 0 Å². The minimum Gasteiger partial charge on any atom is -0.0967 e. The molecule has 0 aromatic heterocycles. The first-order chi connectivity index (χ1) is 9.74. The molecule has 0 aliphatic rings. The molecule has 0 saturated heterocycles. The van der Waals surface area contributed by atoms with Crippen LogP contribution in [0.3, 0.4) is 0 Å². The van der Waals surface area contributed by atoms with Gasteiger partial charge in [-0.25, -0.2) is 0 Å². The molecule has 0 aliphatic carbocycles. The van der Waals surface area contributed by atoms with Crippen molar-refractivity contribution in [2.45, 2.75) is 38.5 Å². The van der Waals surface area contributed by atoms with Gasteiger partial charge in [-0.3, -0.25) is 0 Å². The van der Waals surface area contributed by atoms with Gasteiger partial charge < -0.3 is 0 Å². The number of unbranched alkanes of at least 4 members (excludes halogenated alkanes) is 3. The fourth-order valence-corrected chi connectivity index (χ4v) is 2.61. The molecule has 0 aliphatic heterocycles. The zero-order valence-corrected chi connectivity index (χ0v) is 13.4. The molecule has 0 fully saturated rings. The van der Waals surface area contributed by atoms with Crippen LogP contribution in [0.2, 0.25) is 0 Å². The summed E-state index contributed by atoms with van der Waals surface area (Å²) in [6, 6.07) is 16.9. The Hall–Kier alpha value is -1.02. The van der Waals surface area contributed by atoms with Crippen molar-refractivity contribution in [1.82, 2.24) is 0 Å². The second kappa shape index (κ2) is 8.31. The Bertz CT molecular complexity index is 452. The predicted molar refractivity (Wildman–Crippen MR) is 91.8 cm³/mol. The monoisotopic (exact) mass is 326 g/mol. The number of aryl methyl sites for hydroxylation is 2. The Balaban J connectivity index is 1.57. The first kappa shape index (κ1) is 15.4. The number of hydrogen-bond acceptors (Lipinski definition) is 0. The van der Waals surface area contributed by atoms with Gasteiger partial charge in [0.2, 0.25) is 0 Å². The van der Waals surface area contributed by atoms with E-state index in [1.54, 1.807) is 0 Å². The molecule has 0 spiro atoms. The summed E-state index contributed by atoms with van der Waals surface area (Å²) in [5, 5.41) is 0. The number of halogens is 1. The molecule has 2 rings (SSSR count). The molecule has 2 heteroatoms. The first-order valence-electron chi connectivity index (χ1n) is 7.33. The highest BCUT2D eigenvalue weighted by Crippen LogP contribution is 2.14. The molecule has 0 nitrogen and oxygen atoms in total. The van der Waals surface area contributed by atoms with E-state index in [-0.39, 0.29) is 0 Å². The summed E-state index contributed by atoms with van der Waals surface area (Å²) in [6.45, 7) is 0. The maximum Gasteiger partial charge on any atom is 0.113 e. The van der Waals surface area contributed by atoms with Crippen LogP contribution in [-0.2, 0) is 12.8 Å². The summed E-state index contributed by atoms with van der Waals surface area (Å²) in [6.07, 6.45) is 7.52. The molecule has 2 aromatic carbocycles. The van der Waals surface area contributed by atoms with Gasteiger partial charge in [-0.15, -0.1) is 0 Å². The Morgan fingerprint density at radius 3 is 1.60 bits per heavy atom. The topological polar surface area (TPSA) is 0 Å². The van der Waals surface area contributed by atoms with Gasteiger partial charge in [0, 0.05) is 4.47 Å². The Morgan fingerprint density at radius 1 is 0.650 bits per heavy atom. The van der Waals surface area contributed by atoms with E-state index in [1.165, 1.54) is 49.7 Å². The van der Waals surface area contributed by atoms with Gasteiger partial charge in [0.05, 0.1) is 0 Å². The minimum atomic E-state index is 0.850. The van der Waals surface area contributed by atoms with E-state index in [9.17, 15) is 0 Å². The van der Waals surface area contributed by atoms with Gasteiger partial charge in [-0.2, -0.15) is 0 Å². The van der Waals surface area contributed by atoms with Crippen molar-refractivity contribution in [2.24, 2.45) is 0 Å². The van der Waals surface area contributed by atoms with Crippen molar-refractivity contribution in [2.75, 3.05) is 0 Å². The van der Waals surface area contributed by atoms with Crippen molar-refractivity contribution >= 4 is 29.2 Å². The molecule has 20 heavy (non-hydrogen) atoms. The summed E-state index contributed by atoms with van der Waals surface area (Å²) >= 11 is 3.47. The van der Waals surface area contributed by atoms with E-state index >= 15 is 0 Å². The summed E-state index contributed by atoms with van der Waals surface area (Å²) in [5.41, 5.74) is 3.68. The van der Waals surface area contributed by atoms with Gasteiger partial charge in [0.1, 0.15) is 7.85 Å². The molecular weight excluding hydrogens is 307 g/mol. The van der Waals surface area contributed by atoms with E-state index < -0.39 is 0 Å². The van der Waals surface area contributed by atoms with Gasteiger partial charge in [0.15, 0.2) is 0 Å². The van der Waals surface area contributed by atoms with E-state index in [0.717, 1.165) is 9.94 Å². The zero-order chi connectivity index (χ0) is 14.2. The maximum absolute atomic E-state index is 5.68. The van der Waals surface area contributed by atoms with Crippen LogP contribution in [0.5, 0.6) is 0 Å². The Labute approximate surface area is 132 Å². The summed E-state index contributed by atoms with van der Waals surface area (Å²) in [7, 11) is 5.68. The fourth-order valence-electron chi connectivity index (χ4n) is 2.35. The summed E-state index contributed by atoms with van der Waals surface area (Å²) in [4.78, 5) is 0. The van der Waals surface area contributed by atoms with Gasteiger partial charge in [-0.1, -0.05) is 70.6 Å². The lowest BCUT2D eigenvalue weighted by molar-refractivity contribution is 0.640. The number of benzene rings is 2. The molecule has 0 heterocycles. The van der Waals surface area contributed by atoms with Crippen molar-refractivity contribution in [3.8, 4) is 0 Å². The van der Waals surface area contributed by atoms with Crippen LogP contribution in [0.4, 0.5) is 0 Å². The number of hydrogen-bond donors (Lipinski definition) is 0. The third-order valence-electron chi connectivity index (χ3n) is 3.57. The predicted octanol–water partition coefficient (Wildman–Crippen LogP) is 4.59. The van der Waals surface area contributed by atoms with Crippen LogP contribution in [0.15, 0.2) is 53.0 Å². The smallest absolute Gasteiger partial charge is 0.0967 e. The quantitative estimate of drug-likeness (QED) is 0.515. The largest absolute Gasteiger partial charge is 0.113 e. The highest BCUT2D eigenvalue weighted by atomic mass is 79.9. The fraction of sp³-hybridized carbons (Fsp3) is 0.333. The second-order valence-electron chi connectivity index (χ2n) is 5.28. The molecule has 102 valence electrons. The molecule has 0 N–H and O–H groups in total. The molecule has 0 amide bonds. The average molecular weight is 327 g/mol. The molecule has 0 unspecified atom stereocenters. The molecular formula is C18H20BBr. The lowest BCUT2D eigenvalue weighted by Gasteiger charge is -2.04. The van der Waals surface area contributed by atoms with Crippen molar-refractivity contribution in [3.05, 3.63) is 64.1 Å². The van der Waals surface area contributed by atoms with Gasteiger partial charge in [0.25, 0.3) is 0 Å². The van der Waals surface area contributed by atoms with Crippen molar-refractivity contribution in [1.29, 1.82) is 0 Å². The van der Waals surface area contributed by atoms with Gasteiger partial charge in [-0.05, 0) is 48.9 Å². The Morgan fingerprint density at radius 2 is 1.10 bits per heavy atom. The van der Waals surface area contributed by atoms with Crippen LogP contribution in [0, 0.1) is 0 Å². The van der Waals surface area contributed by atoms with Crippen molar-refractivity contribution < 1.29 is 0 Å². The average Bonchev–Trinajstić information content (AvgIpc) is 2.46. The molecule has 0 atom stereocenters. The minimum absolute atomic E-state index is 0.850. The van der Waals surface area contributed by atoms with E-state index in [4.69, 9.17) is 7.85 Å². The number of rotatable bonds is 7. The maximum atomic E-state index is 5.68. The second-order valence-corrected chi connectivity index (χ2v) is 6.20. The standard InChI is InChI=1S/C18H20BBr/c19-17-11-7-15(8-12-17)5-3-1-2-4-6-16-9-13-18(20)14-10-16/h7-14H,1-6H2. The van der Waals surface area contributed by atoms with Gasteiger partial charge >= 0.3 is 0 Å². The van der Waals surface area contributed by atoms with Crippen LogP contribution >= 0.6 is 15.9 Å². The van der Waals surface area contributed by atoms with E-state index in [1.807, 2.05) is 12.1 Å². The molecule has 0 bridgehead atoms. The molecule has 2 radical (unpaired) electrons. The lowest BCUT2D eigenvalue weighted by atomic mass is 9.94. The van der Waals surface area contributed by atoms with Crippen LogP contribution in [-0.4, -0.2) is 7.85 Å². The van der Waals surface area contributed by atoms with Crippen LogP contribution in [0.1, 0.15) is 36.8 Å². The van der Waals surface area contributed by atoms with E-state index in [0.29, 0.717) is 0 Å². The highest BCUT2D eigenvalue weighted by molar-refractivity contribution is 9.10. The third kappa shape index (κ3) is 5.54. The zero-order valence-electron chi connectivity index (χ0n) is 11.8. The molecule has 2 aromatic rings. The SMILES string of the molecule is [B]c1ccc(CCCCCCc2ccc(Br)cc2)cc1. The van der Waals surface area contributed by atoms with E-state index in [2.05, 4.69) is 52.3 Å². The van der Waals surface area contributed by atoms with Crippen LogP contribution < -0.4 is 5.46 Å². The highest BCUT2D eigenvalue weighted by Gasteiger charge is 1.96. The third-order valence-corrected chi connectivity index (χ3v) is 4.10. The Kier molecular flexibility index (Phi) is 6.39. The summed E-state index contributed by atoms with van der Waals surface area (Å²) in [5.74, 6) is 0.